The maximum Gasteiger partial charge on any atom is -0.0207 e. The van der Waals surface area contributed by atoms with Crippen molar-refractivity contribution in [1.29, 1.82) is 0 Å². The molecular formula is C43H79P3. The Balaban J connectivity index is 1.15. The van der Waals surface area contributed by atoms with Crippen LogP contribution in [0.1, 0.15) is 199 Å². The number of hydrogen-bond donors (Lipinski definition) is 0. The van der Waals surface area contributed by atoms with Crippen LogP contribution in [-0.2, 0) is 0 Å². The molecule has 6 fully saturated rings. The molecule has 266 valence electrons. The Labute approximate surface area is 293 Å². The molecular weight excluding hydrogens is 609 g/mol. The smallest absolute Gasteiger partial charge is 0.0207 e. The van der Waals surface area contributed by atoms with Gasteiger partial charge in [-0.25, -0.2) is 0 Å². The van der Waals surface area contributed by atoms with Crippen molar-refractivity contribution < 1.29 is 0 Å². The number of rotatable bonds is 15. The average Bonchev–Trinajstić information content (AvgIpc) is 3.14. The van der Waals surface area contributed by atoms with Gasteiger partial charge >= 0.3 is 0 Å². The molecule has 0 aromatic heterocycles. The Hall–Kier alpha value is 1.29. The Bertz CT molecular complexity index is 619. The third kappa shape index (κ3) is 11.4. The SMILES string of the molecule is C1CCC(C(CCP(CCP(C2CCCCC2)C2CCCCC2)CCP(C2CCCCC2)C2CCCCC2)C2CCCCC2)CC1. The van der Waals surface area contributed by atoms with Crippen molar-refractivity contribution in [3.05, 3.63) is 0 Å². The summed E-state index contributed by atoms with van der Waals surface area (Å²) in [5, 5.41) is 0. The zero-order chi connectivity index (χ0) is 31.2. The van der Waals surface area contributed by atoms with E-state index in [4.69, 9.17) is 0 Å². The predicted octanol–water partition coefficient (Wildman–Crippen LogP) is 14.9. The summed E-state index contributed by atoms with van der Waals surface area (Å²) in [6.07, 6.45) is 57.7. The van der Waals surface area contributed by atoms with E-state index >= 15 is 0 Å². The molecule has 0 N–H and O–H groups in total. The van der Waals surface area contributed by atoms with E-state index < -0.39 is 0 Å². The Morgan fingerprint density at radius 2 is 0.587 bits per heavy atom. The van der Waals surface area contributed by atoms with Crippen LogP contribution >= 0.6 is 23.8 Å². The highest BCUT2D eigenvalue weighted by Gasteiger charge is 2.35. The summed E-state index contributed by atoms with van der Waals surface area (Å²) >= 11 is 0. The van der Waals surface area contributed by atoms with Crippen LogP contribution in [0.5, 0.6) is 0 Å². The largest absolute Gasteiger partial charge is 0.106 e. The molecule has 0 radical (unpaired) electrons. The fraction of sp³-hybridized carbons (Fsp3) is 1.00. The minimum absolute atomic E-state index is 0.248. The molecule has 0 aromatic rings. The van der Waals surface area contributed by atoms with E-state index in [-0.39, 0.29) is 7.92 Å². The van der Waals surface area contributed by atoms with Gasteiger partial charge in [-0.15, -0.1) is 7.92 Å². The van der Waals surface area contributed by atoms with Gasteiger partial charge in [0.1, 0.15) is 0 Å². The third-order valence-corrected chi connectivity index (χ3v) is 25.4. The van der Waals surface area contributed by atoms with Crippen LogP contribution in [0.4, 0.5) is 0 Å². The van der Waals surface area contributed by atoms with E-state index in [1.807, 2.05) is 0 Å². The molecule has 0 atom stereocenters. The first kappa shape index (κ1) is 37.1. The lowest BCUT2D eigenvalue weighted by Gasteiger charge is -2.41. The summed E-state index contributed by atoms with van der Waals surface area (Å²) < 4.78 is 0. The van der Waals surface area contributed by atoms with Crippen LogP contribution in [0.2, 0.25) is 0 Å². The second-order valence-corrected chi connectivity index (χ2v) is 26.3. The van der Waals surface area contributed by atoms with E-state index in [2.05, 4.69) is 0 Å². The molecule has 0 heterocycles. The summed E-state index contributed by atoms with van der Waals surface area (Å²) in [7, 11) is 0.831. The van der Waals surface area contributed by atoms with E-state index in [9.17, 15) is 0 Å². The van der Waals surface area contributed by atoms with Gasteiger partial charge in [0.25, 0.3) is 0 Å². The highest BCUT2D eigenvalue weighted by atomic mass is 31.1. The van der Waals surface area contributed by atoms with Crippen molar-refractivity contribution in [2.75, 3.05) is 30.8 Å². The van der Waals surface area contributed by atoms with Crippen molar-refractivity contribution in [3.63, 3.8) is 0 Å². The van der Waals surface area contributed by atoms with Crippen LogP contribution < -0.4 is 0 Å². The van der Waals surface area contributed by atoms with Gasteiger partial charge in [-0.2, -0.15) is 0 Å². The lowest BCUT2D eigenvalue weighted by atomic mass is 9.68. The average molecular weight is 689 g/mol. The van der Waals surface area contributed by atoms with Gasteiger partial charge in [0.2, 0.25) is 0 Å². The molecule has 0 aromatic carbocycles. The number of hydrogen-bond acceptors (Lipinski definition) is 0. The molecule has 6 aliphatic rings. The van der Waals surface area contributed by atoms with Gasteiger partial charge in [-0.05, 0) is 129 Å². The zero-order valence-electron chi connectivity index (χ0n) is 30.8. The van der Waals surface area contributed by atoms with Crippen LogP contribution in [0.25, 0.3) is 0 Å². The fourth-order valence-corrected chi connectivity index (χ4v) is 24.4. The first-order valence-corrected chi connectivity index (χ1v) is 27.3. The quantitative estimate of drug-likeness (QED) is 0.150. The Morgan fingerprint density at radius 1 is 0.304 bits per heavy atom. The standard InChI is InChI=1S/C43H79P3/c1-7-19-37(20-8-1)43(38-21-9-2-10-22-38)31-32-44(33-35-45(39-23-11-3-12-24-39)40-25-13-4-14-26-40)34-36-46(41-27-15-5-16-28-41)42-29-17-6-18-30-42/h37-43H,1-36H2. The fourth-order valence-electron chi connectivity index (χ4n) is 12.1. The van der Waals surface area contributed by atoms with E-state index in [0.29, 0.717) is 15.8 Å². The molecule has 3 heteroatoms. The van der Waals surface area contributed by atoms with Gasteiger partial charge in [0.15, 0.2) is 0 Å². The minimum atomic E-state index is 0.248. The van der Waals surface area contributed by atoms with Crippen LogP contribution in [0.15, 0.2) is 0 Å². The molecule has 0 amide bonds. The van der Waals surface area contributed by atoms with Gasteiger partial charge in [0.05, 0.1) is 0 Å². The highest BCUT2D eigenvalue weighted by molar-refractivity contribution is 7.64. The Kier molecular flexibility index (Phi) is 16.9. The van der Waals surface area contributed by atoms with Gasteiger partial charge in [0, 0.05) is 0 Å². The normalized spacial score (nSPS) is 26.6. The topological polar surface area (TPSA) is 0 Å². The summed E-state index contributed by atoms with van der Waals surface area (Å²) in [5.74, 6) is 3.33. The molecule has 46 heavy (non-hydrogen) atoms. The molecule has 0 bridgehead atoms. The van der Waals surface area contributed by atoms with Crippen molar-refractivity contribution in [2.45, 2.75) is 222 Å². The van der Waals surface area contributed by atoms with E-state index in [0.717, 1.165) is 17.8 Å². The summed E-state index contributed by atoms with van der Waals surface area (Å²) in [5.41, 5.74) is 4.68. The highest BCUT2D eigenvalue weighted by Crippen LogP contribution is 2.60. The van der Waals surface area contributed by atoms with Crippen LogP contribution in [-0.4, -0.2) is 53.4 Å². The molecule has 0 aliphatic heterocycles. The lowest BCUT2D eigenvalue weighted by molar-refractivity contribution is 0.140. The van der Waals surface area contributed by atoms with E-state index in [1.165, 1.54) is 22.6 Å². The first-order valence-electron chi connectivity index (χ1n) is 22.1. The Morgan fingerprint density at radius 3 is 0.891 bits per heavy atom. The van der Waals surface area contributed by atoms with Crippen molar-refractivity contribution >= 4 is 23.8 Å². The molecule has 6 saturated carbocycles. The van der Waals surface area contributed by atoms with Crippen LogP contribution in [0.3, 0.4) is 0 Å². The van der Waals surface area contributed by atoms with Gasteiger partial charge < -0.3 is 0 Å². The predicted molar refractivity (Wildman–Crippen MR) is 214 cm³/mol. The second-order valence-electron chi connectivity index (χ2n) is 17.7. The monoisotopic (exact) mass is 689 g/mol. The molecule has 0 saturated heterocycles. The van der Waals surface area contributed by atoms with Crippen molar-refractivity contribution in [3.8, 4) is 0 Å². The van der Waals surface area contributed by atoms with Gasteiger partial charge in [-0.3, -0.25) is 0 Å². The maximum absolute atomic E-state index is 1.72. The zero-order valence-corrected chi connectivity index (χ0v) is 33.5. The third-order valence-electron chi connectivity index (χ3n) is 14.8. The van der Waals surface area contributed by atoms with Crippen molar-refractivity contribution in [2.24, 2.45) is 17.8 Å². The first-order chi connectivity index (χ1) is 22.8. The van der Waals surface area contributed by atoms with Crippen molar-refractivity contribution in [1.82, 2.24) is 0 Å². The lowest BCUT2D eigenvalue weighted by Crippen LogP contribution is -2.28. The van der Waals surface area contributed by atoms with Crippen LogP contribution in [0, 0.1) is 17.8 Å². The molecule has 0 nitrogen and oxygen atoms in total. The summed E-state index contributed by atoms with van der Waals surface area (Å²) in [4.78, 5) is 0. The second kappa shape index (κ2) is 21.0. The summed E-state index contributed by atoms with van der Waals surface area (Å²) in [6, 6.07) is 0. The molecule has 6 rings (SSSR count). The van der Waals surface area contributed by atoms with Gasteiger partial charge in [-0.1, -0.05) is 157 Å². The molecule has 0 unspecified atom stereocenters. The van der Waals surface area contributed by atoms with E-state index in [1.54, 1.807) is 230 Å². The molecule has 0 spiro atoms. The molecule has 6 aliphatic carbocycles. The summed E-state index contributed by atoms with van der Waals surface area (Å²) in [6.45, 7) is 0. The maximum atomic E-state index is 1.72. The minimum Gasteiger partial charge on any atom is -0.106 e.